The van der Waals surface area contributed by atoms with Crippen LogP contribution in [0.25, 0.3) is 90.1 Å². The van der Waals surface area contributed by atoms with Crippen molar-refractivity contribution in [2.24, 2.45) is 0 Å². The summed E-state index contributed by atoms with van der Waals surface area (Å²) in [6, 6.07) is 64.2. The SMILES string of the molecule is c1ccc(-c2cc(-c3ccc4c(c3)C3(c5ccccc5-4)c4ccccc4-c4ccc(-c5cc(-c6ccccn6)nc(-c6ccccn6)c5)cc43)cc(-c3ccccn3)n2)nc1. The molecule has 10 aromatic rings. The Labute approximate surface area is 353 Å². The molecule has 0 aliphatic heterocycles. The first kappa shape index (κ1) is 34.8. The first-order valence-corrected chi connectivity index (χ1v) is 20.4. The second-order valence-corrected chi connectivity index (χ2v) is 15.5. The van der Waals surface area contributed by atoms with Crippen molar-refractivity contribution in [3.63, 3.8) is 0 Å². The van der Waals surface area contributed by atoms with E-state index in [4.69, 9.17) is 29.9 Å². The van der Waals surface area contributed by atoms with E-state index in [1.165, 1.54) is 44.5 Å². The summed E-state index contributed by atoms with van der Waals surface area (Å²) in [4.78, 5) is 29.0. The molecule has 6 heterocycles. The van der Waals surface area contributed by atoms with Crippen molar-refractivity contribution in [2.45, 2.75) is 5.41 Å². The molecule has 0 amide bonds. The van der Waals surface area contributed by atoms with Crippen LogP contribution in [0.15, 0.2) is 207 Å². The normalized spacial score (nSPS) is 12.7. The maximum absolute atomic E-state index is 5.09. The number of pyridine rings is 6. The van der Waals surface area contributed by atoms with Gasteiger partial charge in [0.05, 0.1) is 51.0 Å². The van der Waals surface area contributed by atoms with Crippen LogP contribution in [0, 0.1) is 0 Å². The van der Waals surface area contributed by atoms with Gasteiger partial charge in [-0.1, -0.05) is 97.1 Å². The lowest BCUT2D eigenvalue weighted by atomic mass is 9.70. The number of aromatic nitrogens is 6. The molecule has 6 nitrogen and oxygen atoms in total. The number of fused-ring (bicyclic) bond motifs is 10. The molecule has 4 aromatic carbocycles. The van der Waals surface area contributed by atoms with Crippen LogP contribution in [0.3, 0.4) is 0 Å². The van der Waals surface area contributed by atoms with Crippen molar-refractivity contribution in [3.05, 3.63) is 229 Å². The van der Waals surface area contributed by atoms with Gasteiger partial charge in [0.2, 0.25) is 0 Å². The van der Waals surface area contributed by atoms with Gasteiger partial charge in [-0.15, -0.1) is 0 Å². The fraction of sp³-hybridized carbons (Fsp3) is 0.0182. The Morgan fingerprint density at radius 1 is 0.246 bits per heavy atom. The number of nitrogens with zero attached hydrogens (tertiary/aromatic N) is 6. The lowest BCUT2D eigenvalue weighted by Crippen LogP contribution is -2.26. The predicted octanol–water partition coefficient (Wildman–Crippen LogP) is 12.4. The minimum Gasteiger partial charge on any atom is -0.255 e. The number of hydrogen-bond donors (Lipinski definition) is 0. The van der Waals surface area contributed by atoms with Crippen LogP contribution in [0.2, 0.25) is 0 Å². The predicted molar refractivity (Wildman–Crippen MR) is 242 cm³/mol. The van der Waals surface area contributed by atoms with Crippen molar-refractivity contribution in [1.82, 2.24) is 29.9 Å². The molecule has 1 spiro atoms. The Kier molecular flexibility index (Phi) is 7.96. The summed E-state index contributed by atoms with van der Waals surface area (Å²) in [5.74, 6) is 0. The van der Waals surface area contributed by atoms with Gasteiger partial charge in [0.1, 0.15) is 0 Å². The van der Waals surface area contributed by atoms with E-state index < -0.39 is 5.41 Å². The second-order valence-electron chi connectivity index (χ2n) is 15.5. The molecule has 284 valence electrons. The number of rotatable bonds is 6. The van der Waals surface area contributed by atoms with Gasteiger partial charge in [0.25, 0.3) is 0 Å². The summed E-state index contributed by atoms with van der Waals surface area (Å²) in [7, 11) is 0. The largest absolute Gasteiger partial charge is 0.255 e. The zero-order valence-corrected chi connectivity index (χ0v) is 32.8. The molecule has 2 aliphatic rings. The summed E-state index contributed by atoms with van der Waals surface area (Å²) in [6.45, 7) is 0. The van der Waals surface area contributed by atoms with Crippen molar-refractivity contribution >= 4 is 0 Å². The van der Waals surface area contributed by atoms with Crippen LogP contribution in [0.4, 0.5) is 0 Å². The average molecular weight is 779 g/mol. The van der Waals surface area contributed by atoms with Gasteiger partial charge in [-0.2, -0.15) is 0 Å². The Bertz CT molecular complexity index is 2960. The minimum absolute atomic E-state index is 0.578. The molecule has 0 N–H and O–H groups in total. The van der Waals surface area contributed by atoms with Crippen LogP contribution in [0.1, 0.15) is 22.3 Å². The smallest absolute Gasteiger partial charge is 0.0900 e. The Balaban J connectivity index is 1.09. The van der Waals surface area contributed by atoms with E-state index in [1.54, 1.807) is 0 Å². The summed E-state index contributed by atoms with van der Waals surface area (Å²) in [5, 5.41) is 0. The Hall–Kier alpha value is -8.22. The van der Waals surface area contributed by atoms with Gasteiger partial charge < -0.3 is 0 Å². The second kappa shape index (κ2) is 14.0. The van der Waals surface area contributed by atoms with Gasteiger partial charge in [0, 0.05) is 24.8 Å². The third-order valence-electron chi connectivity index (χ3n) is 12.1. The molecule has 0 atom stereocenters. The lowest BCUT2D eigenvalue weighted by Gasteiger charge is -2.31. The van der Waals surface area contributed by atoms with Crippen molar-refractivity contribution in [3.8, 4) is 90.1 Å². The highest BCUT2D eigenvalue weighted by Gasteiger charge is 2.51. The molecule has 12 rings (SSSR count). The zero-order valence-electron chi connectivity index (χ0n) is 32.8. The van der Waals surface area contributed by atoms with Crippen molar-refractivity contribution < 1.29 is 0 Å². The summed E-state index contributed by atoms with van der Waals surface area (Å²) >= 11 is 0. The maximum Gasteiger partial charge on any atom is 0.0900 e. The number of benzene rings is 4. The highest BCUT2D eigenvalue weighted by Crippen LogP contribution is 2.63. The standard InChI is InChI=1S/C55H34N6/c1-3-15-43-39(13-1)41-23-21-35(37-31-51(47-17-5-9-25-56-47)60-52(32-37)48-18-6-10-26-57-48)29-45(41)55(43)44-16-4-2-14-40(44)42-24-22-36(30-46(42)55)38-33-53(49-19-7-11-27-58-49)61-54(34-38)50-20-8-12-28-59-50/h1-34H. The van der Waals surface area contributed by atoms with E-state index in [1.807, 2.05) is 97.6 Å². The fourth-order valence-electron chi connectivity index (χ4n) is 9.47. The van der Waals surface area contributed by atoms with Crippen LogP contribution < -0.4 is 0 Å². The van der Waals surface area contributed by atoms with E-state index in [0.717, 1.165) is 67.8 Å². The summed E-state index contributed by atoms with van der Waals surface area (Å²) in [6.07, 6.45) is 7.26. The van der Waals surface area contributed by atoms with Crippen molar-refractivity contribution in [1.29, 1.82) is 0 Å². The summed E-state index contributed by atoms with van der Waals surface area (Å²) < 4.78 is 0. The van der Waals surface area contributed by atoms with E-state index in [0.29, 0.717) is 0 Å². The molecule has 2 aliphatic carbocycles. The number of hydrogen-bond acceptors (Lipinski definition) is 6. The molecule has 6 heteroatoms. The molecule has 0 bridgehead atoms. The average Bonchev–Trinajstić information content (AvgIpc) is 3.81. The molecule has 61 heavy (non-hydrogen) atoms. The topological polar surface area (TPSA) is 77.3 Å². The van der Waals surface area contributed by atoms with Crippen LogP contribution in [-0.2, 0) is 5.41 Å². The molecule has 0 fully saturated rings. The zero-order chi connectivity index (χ0) is 40.3. The molecule has 0 unspecified atom stereocenters. The first-order chi connectivity index (χ1) is 30.2. The monoisotopic (exact) mass is 778 g/mol. The molecule has 6 aromatic heterocycles. The maximum atomic E-state index is 5.09. The third-order valence-corrected chi connectivity index (χ3v) is 12.1. The summed E-state index contributed by atoms with van der Waals surface area (Å²) in [5.41, 5.74) is 20.2. The van der Waals surface area contributed by atoms with Crippen LogP contribution in [-0.4, -0.2) is 29.9 Å². The molecule has 0 saturated heterocycles. The molecule has 0 saturated carbocycles. The fourth-order valence-corrected chi connectivity index (χ4v) is 9.47. The first-order valence-electron chi connectivity index (χ1n) is 20.4. The van der Waals surface area contributed by atoms with Gasteiger partial charge >= 0.3 is 0 Å². The molecular formula is C55H34N6. The lowest BCUT2D eigenvalue weighted by molar-refractivity contribution is 0.794. The van der Waals surface area contributed by atoms with E-state index >= 15 is 0 Å². The van der Waals surface area contributed by atoms with Gasteiger partial charge in [-0.3, -0.25) is 19.9 Å². The Morgan fingerprint density at radius 2 is 0.574 bits per heavy atom. The highest BCUT2D eigenvalue weighted by molar-refractivity contribution is 5.97. The highest BCUT2D eigenvalue weighted by atomic mass is 14.8. The van der Waals surface area contributed by atoms with Gasteiger partial charge in [0.15, 0.2) is 0 Å². The quantitative estimate of drug-likeness (QED) is 0.167. The van der Waals surface area contributed by atoms with Crippen molar-refractivity contribution in [2.75, 3.05) is 0 Å². The Morgan fingerprint density at radius 3 is 0.918 bits per heavy atom. The van der Waals surface area contributed by atoms with E-state index in [9.17, 15) is 0 Å². The van der Waals surface area contributed by atoms with Crippen LogP contribution >= 0.6 is 0 Å². The van der Waals surface area contributed by atoms with Gasteiger partial charge in [-0.25, -0.2) is 9.97 Å². The minimum atomic E-state index is -0.578. The van der Waals surface area contributed by atoms with E-state index in [-0.39, 0.29) is 0 Å². The molecular weight excluding hydrogens is 745 g/mol. The van der Waals surface area contributed by atoms with Gasteiger partial charge in [-0.05, 0) is 152 Å². The third kappa shape index (κ3) is 5.57. The molecule has 0 radical (unpaired) electrons. The van der Waals surface area contributed by atoms with E-state index in [2.05, 4.69) is 109 Å². The van der Waals surface area contributed by atoms with Crippen LogP contribution in [0.5, 0.6) is 0 Å².